The molecule has 0 spiro atoms. The molecule has 0 radical (unpaired) electrons. The summed E-state index contributed by atoms with van der Waals surface area (Å²) in [5.74, 6) is 1.97. The van der Waals surface area contributed by atoms with Gasteiger partial charge in [-0.05, 0) is 0 Å². The van der Waals surface area contributed by atoms with Gasteiger partial charge in [0.2, 0.25) is 0 Å². The second-order valence-corrected chi connectivity index (χ2v) is 6.59. The van der Waals surface area contributed by atoms with Gasteiger partial charge >= 0.3 is 5.97 Å². The van der Waals surface area contributed by atoms with Crippen LogP contribution in [0, 0.1) is 0 Å². The SMILES string of the molecule is COC(=O)c1sc(NCCN2CCSCC2)nc1Cl. The van der Waals surface area contributed by atoms with Crippen LogP contribution in [0.25, 0.3) is 0 Å². The molecular formula is C11H16ClN3O2S2. The van der Waals surface area contributed by atoms with Crippen LogP contribution in [0.15, 0.2) is 0 Å². The number of carbonyl (C=O) groups is 1. The average Bonchev–Trinajstić information content (AvgIpc) is 2.80. The molecule has 0 amide bonds. The van der Waals surface area contributed by atoms with Crippen molar-refractivity contribution < 1.29 is 9.53 Å². The minimum atomic E-state index is -0.441. The zero-order valence-corrected chi connectivity index (χ0v) is 13.0. The number of aromatic nitrogens is 1. The summed E-state index contributed by atoms with van der Waals surface area (Å²) in [5, 5.41) is 4.07. The summed E-state index contributed by atoms with van der Waals surface area (Å²) in [6.07, 6.45) is 0. The van der Waals surface area contributed by atoms with Crippen LogP contribution in [0.4, 0.5) is 5.13 Å². The summed E-state index contributed by atoms with van der Waals surface area (Å²) in [4.78, 5) is 18.3. The summed E-state index contributed by atoms with van der Waals surface area (Å²) in [6, 6.07) is 0. The van der Waals surface area contributed by atoms with E-state index >= 15 is 0 Å². The minimum Gasteiger partial charge on any atom is -0.465 e. The van der Waals surface area contributed by atoms with Gasteiger partial charge in [-0.25, -0.2) is 9.78 Å². The van der Waals surface area contributed by atoms with Gasteiger partial charge in [-0.1, -0.05) is 22.9 Å². The Morgan fingerprint density at radius 3 is 2.95 bits per heavy atom. The Morgan fingerprint density at radius 2 is 2.26 bits per heavy atom. The fraction of sp³-hybridized carbons (Fsp3) is 0.636. The van der Waals surface area contributed by atoms with E-state index in [0.29, 0.717) is 10.0 Å². The predicted octanol–water partition coefficient (Wildman–Crippen LogP) is 2.04. The van der Waals surface area contributed by atoms with Crippen molar-refractivity contribution in [2.45, 2.75) is 0 Å². The van der Waals surface area contributed by atoms with Crippen molar-refractivity contribution in [1.29, 1.82) is 0 Å². The molecule has 0 bridgehead atoms. The Kier molecular flexibility index (Phi) is 5.75. The van der Waals surface area contributed by atoms with E-state index in [4.69, 9.17) is 11.6 Å². The van der Waals surface area contributed by atoms with Crippen molar-refractivity contribution in [1.82, 2.24) is 9.88 Å². The predicted molar refractivity (Wildman–Crippen MR) is 80.7 cm³/mol. The molecule has 0 unspecified atom stereocenters. The number of halogens is 1. The number of methoxy groups -OCH3 is 1. The van der Waals surface area contributed by atoms with Gasteiger partial charge < -0.3 is 10.1 Å². The number of hydrogen-bond acceptors (Lipinski definition) is 7. The van der Waals surface area contributed by atoms with Gasteiger partial charge in [0.1, 0.15) is 0 Å². The molecule has 0 aromatic carbocycles. The van der Waals surface area contributed by atoms with Crippen LogP contribution in [0.5, 0.6) is 0 Å². The highest BCUT2D eigenvalue weighted by Gasteiger charge is 2.17. The Hall–Kier alpha value is -0.500. The third-order valence-corrected chi connectivity index (χ3v) is 5.09. The second kappa shape index (κ2) is 7.33. The molecule has 1 aliphatic heterocycles. The summed E-state index contributed by atoms with van der Waals surface area (Å²) < 4.78 is 4.64. The molecule has 1 saturated heterocycles. The Labute approximate surface area is 125 Å². The lowest BCUT2D eigenvalue weighted by Gasteiger charge is -2.25. The van der Waals surface area contributed by atoms with Crippen molar-refractivity contribution in [3.05, 3.63) is 10.0 Å². The number of thioether (sulfide) groups is 1. The topological polar surface area (TPSA) is 54.5 Å². The Bertz CT molecular complexity index is 436. The zero-order valence-electron chi connectivity index (χ0n) is 10.6. The molecule has 2 rings (SSSR count). The largest absolute Gasteiger partial charge is 0.465 e. The summed E-state index contributed by atoms with van der Waals surface area (Å²) in [6.45, 7) is 4.05. The van der Waals surface area contributed by atoms with Crippen LogP contribution in [-0.4, -0.2) is 60.6 Å². The summed E-state index contributed by atoms with van der Waals surface area (Å²) >= 11 is 9.12. The molecule has 1 aromatic heterocycles. The molecule has 2 heterocycles. The molecule has 5 nitrogen and oxygen atoms in total. The maximum atomic E-state index is 11.4. The lowest BCUT2D eigenvalue weighted by molar-refractivity contribution is 0.0606. The maximum absolute atomic E-state index is 11.4. The standard InChI is InChI=1S/C11H16ClN3O2S2/c1-17-10(16)8-9(12)14-11(19-8)13-2-3-15-4-6-18-7-5-15/h2-7H2,1H3,(H,13,14). The number of esters is 1. The number of nitrogens with zero attached hydrogens (tertiary/aromatic N) is 2. The third-order valence-electron chi connectivity index (χ3n) is 2.76. The average molecular weight is 322 g/mol. The molecule has 1 fully saturated rings. The van der Waals surface area contributed by atoms with E-state index in [2.05, 4.69) is 19.9 Å². The number of ether oxygens (including phenoxy) is 1. The number of thiazole rings is 1. The monoisotopic (exact) mass is 321 g/mol. The van der Waals surface area contributed by atoms with Gasteiger partial charge in [0.15, 0.2) is 15.2 Å². The van der Waals surface area contributed by atoms with Crippen molar-refractivity contribution in [3.63, 3.8) is 0 Å². The summed E-state index contributed by atoms with van der Waals surface area (Å²) in [5.41, 5.74) is 0. The Balaban J connectivity index is 1.81. The first-order chi connectivity index (χ1) is 9.20. The van der Waals surface area contributed by atoms with Crippen LogP contribution < -0.4 is 5.32 Å². The Morgan fingerprint density at radius 1 is 1.53 bits per heavy atom. The van der Waals surface area contributed by atoms with Crippen molar-refractivity contribution in [3.8, 4) is 0 Å². The third kappa shape index (κ3) is 4.24. The first kappa shape index (κ1) is 14.9. The number of anilines is 1. The van der Waals surface area contributed by atoms with Gasteiger partial charge in [0.05, 0.1) is 7.11 Å². The molecule has 106 valence electrons. The normalized spacial score (nSPS) is 16.3. The molecule has 0 atom stereocenters. The van der Waals surface area contributed by atoms with Gasteiger partial charge in [0, 0.05) is 37.7 Å². The fourth-order valence-electron chi connectivity index (χ4n) is 1.74. The highest BCUT2D eigenvalue weighted by Crippen LogP contribution is 2.27. The molecular weight excluding hydrogens is 306 g/mol. The van der Waals surface area contributed by atoms with E-state index in [-0.39, 0.29) is 5.15 Å². The van der Waals surface area contributed by atoms with E-state index in [1.807, 2.05) is 11.8 Å². The van der Waals surface area contributed by atoms with Gasteiger partial charge in [-0.15, -0.1) is 0 Å². The minimum absolute atomic E-state index is 0.203. The molecule has 1 aliphatic rings. The van der Waals surface area contributed by atoms with Crippen molar-refractivity contribution in [2.75, 3.05) is 50.1 Å². The lowest BCUT2D eigenvalue weighted by atomic mass is 10.4. The van der Waals surface area contributed by atoms with Crippen molar-refractivity contribution >= 4 is 45.8 Å². The smallest absolute Gasteiger partial charge is 0.351 e. The quantitative estimate of drug-likeness (QED) is 0.838. The number of carbonyl (C=O) groups excluding carboxylic acids is 1. The molecule has 0 saturated carbocycles. The molecule has 0 aliphatic carbocycles. The molecule has 19 heavy (non-hydrogen) atoms. The maximum Gasteiger partial charge on any atom is 0.351 e. The first-order valence-corrected chi connectivity index (χ1v) is 8.34. The number of hydrogen-bond donors (Lipinski definition) is 1. The van der Waals surface area contributed by atoms with Crippen LogP contribution in [0.1, 0.15) is 9.67 Å². The van der Waals surface area contributed by atoms with Crippen molar-refractivity contribution in [2.24, 2.45) is 0 Å². The van der Waals surface area contributed by atoms with Gasteiger partial charge in [0.25, 0.3) is 0 Å². The van der Waals surface area contributed by atoms with Crippen LogP contribution in [-0.2, 0) is 4.74 Å². The first-order valence-electron chi connectivity index (χ1n) is 5.99. The number of rotatable bonds is 5. The van der Waals surface area contributed by atoms with Crippen LogP contribution in [0.3, 0.4) is 0 Å². The molecule has 8 heteroatoms. The highest BCUT2D eigenvalue weighted by atomic mass is 35.5. The van der Waals surface area contributed by atoms with E-state index in [1.165, 1.54) is 30.0 Å². The fourth-order valence-corrected chi connectivity index (χ4v) is 3.85. The van der Waals surface area contributed by atoms with Crippen LogP contribution in [0.2, 0.25) is 5.15 Å². The zero-order chi connectivity index (χ0) is 13.7. The second-order valence-electron chi connectivity index (χ2n) is 4.01. The van der Waals surface area contributed by atoms with E-state index in [9.17, 15) is 4.79 Å². The molecule has 1 aromatic rings. The van der Waals surface area contributed by atoms with E-state index in [1.54, 1.807) is 0 Å². The van der Waals surface area contributed by atoms with Gasteiger partial charge in [-0.3, -0.25) is 4.90 Å². The highest BCUT2D eigenvalue weighted by molar-refractivity contribution is 7.99. The van der Waals surface area contributed by atoms with E-state index in [0.717, 1.165) is 26.2 Å². The lowest BCUT2D eigenvalue weighted by Crippen LogP contribution is -2.36. The van der Waals surface area contributed by atoms with Gasteiger partial charge in [-0.2, -0.15) is 11.8 Å². The number of nitrogens with one attached hydrogen (secondary N) is 1. The van der Waals surface area contributed by atoms with Crippen LogP contribution >= 0.6 is 34.7 Å². The summed E-state index contributed by atoms with van der Waals surface area (Å²) in [7, 11) is 1.33. The van der Waals surface area contributed by atoms with E-state index < -0.39 is 5.97 Å². The molecule has 1 N–H and O–H groups in total.